The molecule has 1 aliphatic heterocycles. The fraction of sp³-hybridized carbons (Fsp3) is 0.115. The molecular weight excluding hydrogens is 500 g/mol. The maximum Gasteiger partial charge on any atom is 0.363 e. The highest BCUT2D eigenvalue weighted by Crippen LogP contribution is 2.30. The first-order valence-electron chi connectivity index (χ1n) is 10.4. The van der Waals surface area contributed by atoms with Crippen LogP contribution in [0.2, 0.25) is 0 Å². The largest absolute Gasteiger partial charge is 0.493 e. The first kappa shape index (κ1) is 23.3. The number of esters is 1. The normalized spacial score (nSPS) is 13.9. The topological polar surface area (TPSA) is 86.2 Å². The Labute approximate surface area is 205 Å². The molecule has 1 N–H and O–H groups in total. The van der Waals surface area contributed by atoms with Crippen LogP contribution in [0.3, 0.4) is 0 Å². The second-order valence-electron chi connectivity index (χ2n) is 7.42. The highest BCUT2D eigenvalue weighted by atomic mass is 79.9. The van der Waals surface area contributed by atoms with E-state index in [1.807, 2.05) is 30.3 Å². The summed E-state index contributed by atoms with van der Waals surface area (Å²) in [7, 11) is 1.56. The minimum Gasteiger partial charge on any atom is -0.493 e. The minimum absolute atomic E-state index is 0.164. The molecule has 0 fully saturated rings. The fourth-order valence-corrected chi connectivity index (χ4v) is 3.49. The quantitative estimate of drug-likeness (QED) is 0.335. The second-order valence-corrected chi connectivity index (χ2v) is 8.34. The Bertz CT molecular complexity index is 1280. The molecule has 0 atom stereocenters. The number of cyclic esters (lactones) is 1. The summed E-state index contributed by atoms with van der Waals surface area (Å²) in [6, 6.07) is 20.1. The SMILES string of the molecule is COc1cc(/C=C2\N=C(c3ccc(NC(C)=O)cc3)OC2=O)ccc1OCc1ccc(Br)cc1. The number of aliphatic imine (C=N–C) groups is 1. The predicted molar refractivity (Wildman–Crippen MR) is 133 cm³/mol. The Balaban J connectivity index is 1.50. The van der Waals surface area contributed by atoms with Crippen molar-refractivity contribution in [3.05, 3.63) is 93.6 Å². The smallest absolute Gasteiger partial charge is 0.363 e. The van der Waals surface area contributed by atoms with Crippen molar-refractivity contribution in [2.45, 2.75) is 13.5 Å². The molecule has 0 aromatic heterocycles. The maximum atomic E-state index is 12.4. The van der Waals surface area contributed by atoms with Crippen LogP contribution < -0.4 is 14.8 Å². The molecule has 0 saturated carbocycles. The van der Waals surface area contributed by atoms with Crippen LogP contribution >= 0.6 is 15.9 Å². The Morgan fingerprint density at radius 1 is 1.06 bits per heavy atom. The summed E-state index contributed by atoms with van der Waals surface area (Å²) in [4.78, 5) is 27.9. The number of nitrogens with one attached hydrogen (secondary N) is 1. The van der Waals surface area contributed by atoms with Crippen LogP contribution in [0, 0.1) is 0 Å². The lowest BCUT2D eigenvalue weighted by atomic mass is 10.1. The minimum atomic E-state index is -0.546. The van der Waals surface area contributed by atoms with Gasteiger partial charge in [0.2, 0.25) is 11.8 Å². The molecule has 8 heteroatoms. The Morgan fingerprint density at radius 2 is 1.79 bits per heavy atom. The number of amides is 1. The molecule has 4 rings (SSSR count). The summed E-state index contributed by atoms with van der Waals surface area (Å²) in [5.41, 5.74) is 3.18. The number of carbonyl (C=O) groups excluding carboxylic acids is 2. The van der Waals surface area contributed by atoms with Crippen LogP contribution in [0.4, 0.5) is 5.69 Å². The summed E-state index contributed by atoms with van der Waals surface area (Å²) in [5, 5.41) is 2.69. The van der Waals surface area contributed by atoms with E-state index in [9.17, 15) is 9.59 Å². The van der Waals surface area contributed by atoms with Gasteiger partial charge in [0.1, 0.15) is 6.61 Å². The average molecular weight is 521 g/mol. The first-order valence-corrected chi connectivity index (χ1v) is 11.2. The van der Waals surface area contributed by atoms with Crippen molar-refractivity contribution in [2.24, 2.45) is 4.99 Å². The van der Waals surface area contributed by atoms with E-state index < -0.39 is 5.97 Å². The third-order valence-electron chi connectivity index (χ3n) is 4.87. The van der Waals surface area contributed by atoms with Gasteiger partial charge in [0, 0.05) is 22.6 Å². The van der Waals surface area contributed by atoms with Gasteiger partial charge in [-0.1, -0.05) is 34.1 Å². The summed E-state index contributed by atoms with van der Waals surface area (Å²) in [6.45, 7) is 1.83. The van der Waals surface area contributed by atoms with E-state index >= 15 is 0 Å². The first-order chi connectivity index (χ1) is 16.4. The zero-order chi connectivity index (χ0) is 24.1. The summed E-state index contributed by atoms with van der Waals surface area (Å²) in [6.07, 6.45) is 1.63. The molecule has 172 valence electrons. The maximum absolute atomic E-state index is 12.4. The van der Waals surface area contributed by atoms with E-state index in [-0.39, 0.29) is 17.5 Å². The van der Waals surface area contributed by atoms with Crippen molar-refractivity contribution >= 4 is 45.5 Å². The molecule has 0 radical (unpaired) electrons. The number of anilines is 1. The molecule has 34 heavy (non-hydrogen) atoms. The van der Waals surface area contributed by atoms with Gasteiger partial charge in [-0.2, -0.15) is 0 Å². The van der Waals surface area contributed by atoms with E-state index in [4.69, 9.17) is 14.2 Å². The van der Waals surface area contributed by atoms with Crippen molar-refractivity contribution < 1.29 is 23.8 Å². The van der Waals surface area contributed by atoms with E-state index in [1.54, 1.807) is 49.6 Å². The highest BCUT2D eigenvalue weighted by molar-refractivity contribution is 9.10. The van der Waals surface area contributed by atoms with Gasteiger partial charge >= 0.3 is 5.97 Å². The third-order valence-corrected chi connectivity index (χ3v) is 5.40. The molecular formula is C26H21BrN2O5. The molecule has 3 aromatic carbocycles. The van der Waals surface area contributed by atoms with Crippen molar-refractivity contribution in [3.8, 4) is 11.5 Å². The van der Waals surface area contributed by atoms with Gasteiger partial charge in [-0.25, -0.2) is 9.79 Å². The second kappa shape index (κ2) is 10.4. The van der Waals surface area contributed by atoms with Crippen molar-refractivity contribution in [1.29, 1.82) is 0 Å². The molecule has 0 saturated heterocycles. The summed E-state index contributed by atoms with van der Waals surface area (Å²) in [5.74, 6) is 0.617. The van der Waals surface area contributed by atoms with E-state index in [0.717, 1.165) is 10.0 Å². The van der Waals surface area contributed by atoms with Crippen LogP contribution in [0.25, 0.3) is 6.08 Å². The lowest BCUT2D eigenvalue weighted by Gasteiger charge is -2.11. The number of nitrogens with zero attached hydrogens (tertiary/aromatic N) is 1. The van der Waals surface area contributed by atoms with Gasteiger partial charge in [0.25, 0.3) is 0 Å². The number of benzene rings is 3. The van der Waals surface area contributed by atoms with Crippen LogP contribution in [0.5, 0.6) is 11.5 Å². The van der Waals surface area contributed by atoms with Gasteiger partial charge in [-0.05, 0) is 65.7 Å². The van der Waals surface area contributed by atoms with Crippen molar-refractivity contribution in [3.63, 3.8) is 0 Å². The highest BCUT2D eigenvalue weighted by Gasteiger charge is 2.24. The molecule has 7 nitrogen and oxygen atoms in total. The van der Waals surface area contributed by atoms with Gasteiger partial charge in [-0.15, -0.1) is 0 Å². The average Bonchev–Trinajstić information content (AvgIpc) is 3.19. The van der Waals surface area contributed by atoms with Crippen molar-refractivity contribution in [2.75, 3.05) is 12.4 Å². The molecule has 1 heterocycles. The van der Waals surface area contributed by atoms with Crippen LogP contribution in [-0.2, 0) is 20.9 Å². The van der Waals surface area contributed by atoms with Crippen LogP contribution in [0.15, 0.2) is 81.9 Å². The molecule has 0 spiro atoms. The number of halogens is 1. The number of ether oxygens (including phenoxy) is 3. The van der Waals surface area contributed by atoms with E-state index in [2.05, 4.69) is 26.2 Å². The molecule has 0 unspecified atom stereocenters. The van der Waals surface area contributed by atoms with Gasteiger partial charge in [-0.3, -0.25) is 4.79 Å². The van der Waals surface area contributed by atoms with Gasteiger partial charge < -0.3 is 19.5 Å². The lowest BCUT2D eigenvalue weighted by molar-refractivity contribution is -0.129. The van der Waals surface area contributed by atoms with Crippen LogP contribution in [0.1, 0.15) is 23.6 Å². The number of hydrogen-bond acceptors (Lipinski definition) is 6. The zero-order valence-electron chi connectivity index (χ0n) is 18.5. The third kappa shape index (κ3) is 5.71. The Hall–Kier alpha value is -3.91. The van der Waals surface area contributed by atoms with Gasteiger partial charge in [0.05, 0.1) is 7.11 Å². The molecule has 3 aromatic rings. The molecule has 1 amide bonds. The van der Waals surface area contributed by atoms with Crippen molar-refractivity contribution in [1.82, 2.24) is 0 Å². The molecule has 0 bridgehead atoms. The summed E-state index contributed by atoms with van der Waals surface area (Å²) >= 11 is 3.42. The number of rotatable bonds is 7. The monoisotopic (exact) mass is 520 g/mol. The lowest BCUT2D eigenvalue weighted by Crippen LogP contribution is -2.07. The van der Waals surface area contributed by atoms with E-state index in [1.165, 1.54) is 6.92 Å². The number of hydrogen-bond donors (Lipinski definition) is 1. The number of carbonyl (C=O) groups is 2. The molecule has 0 aliphatic carbocycles. The van der Waals surface area contributed by atoms with Gasteiger partial charge in [0.15, 0.2) is 17.2 Å². The fourth-order valence-electron chi connectivity index (χ4n) is 3.22. The number of methoxy groups -OCH3 is 1. The Morgan fingerprint density at radius 3 is 2.47 bits per heavy atom. The molecule has 1 aliphatic rings. The van der Waals surface area contributed by atoms with E-state index in [0.29, 0.717) is 34.9 Å². The summed E-state index contributed by atoms with van der Waals surface area (Å²) < 4.78 is 17.7. The Kier molecular flexibility index (Phi) is 7.08. The zero-order valence-corrected chi connectivity index (χ0v) is 20.1. The van der Waals surface area contributed by atoms with Crippen LogP contribution in [-0.4, -0.2) is 24.9 Å². The predicted octanol–water partition coefficient (Wildman–Crippen LogP) is 5.34. The standard InChI is InChI=1S/C26H21BrN2O5/c1-16(30)28-21-10-6-19(7-11-21)25-29-22(26(31)34-25)13-18-5-12-23(24(14-18)32-2)33-15-17-3-8-20(27)9-4-17/h3-14H,15H2,1-2H3,(H,28,30)/b22-13-.